The highest BCUT2D eigenvalue weighted by Gasteiger charge is 2.37. The average molecular weight is 345 g/mol. The first-order valence-electron chi connectivity index (χ1n) is 6.90. The summed E-state index contributed by atoms with van der Waals surface area (Å²) >= 11 is 0. The maximum Gasteiger partial charge on any atom is 0.455 e. The molecule has 0 amide bonds. The average Bonchev–Trinajstić information content (AvgIpc) is 2.97. The van der Waals surface area contributed by atoms with Crippen LogP contribution in [-0.2, 0) is 10.9 Å². The predicted octanol–water partition coefficient (Wildman–Crippen LogP) is 2.54. The second-order valence-electron chi connectivity index (χ2n) is 4.73. The molecule has 8 nitrogen and oxygen atoms in total. The van der Waals surface area contributed by atoms with Crippen molar-refractivity contribution >= 4 is 11.9 Å². The number of esters is 1. The highest BCUT2D eigenvalue weighted by molar-refractivity contribution is 5.90. The summed E-state index contributed by atoms with van der Waals surface area (Å²) in [5.41, 5.74) is 0.562. The van der Waals surface area contributed by atoms with Crippen LogP contribution in [0.15, 0.2) is 10.7 Å². The van der Waals surface area contributed by atoms with Gasteiger partial charge < -0.3 is 14.6 Å². The third-order valence-corrected chi connectivity index (χ3v) is 2.89. The van der Waals surface area contributed by atoms with Gasteiger partial charge in [0.1, 0.15) is 6.04 Å². The van der Waals surface area contributed by atoms with Crippen molar-refractivity contribution in [2.45, 2.75) is 33.0 Å². The lowest BCUT2D eigenvalue weighted by molar-refractivity contribution is -0.146. The van der Waals surface area contributed by atoms with E-state index in [2.05, 4.69) is 29.9 Å². The molecule has 0 fully saturated rings. The number of carbonyl (C=O) groups excluding carboxylic acids is 1. The number of anilines is 1. The van der Waals surface area contributed by atoms with Crippen LogP contribution in [0.5, 0.6) is 0 Å². The van der Waals surface area contributed by atoms with Crippen LogP contribution in [0.3, 0.4) is 0 Å². The van der Waals surface area contributed by atoms with Crippen LogP contribution in [0.2, 0.25) is 0 Å². The summed E-state index contributed by atoms with van der Waals surface area (Å²) in [6, 6.07) is -0.763. The number of rotatable bonds is 5. The number of carbonyl (C=O) groups is 1. The van der Waals surface area contributed by atoms with E-state index >= 15 is 0 Å². The molecule has 2 rings (SSSR count). The Kier molecular flexibility index (Phi) is 5.00. The maximum absolute atomic E-state index is 12.5. The molecular weight excluding hydrogens is 331 g/mol. The molecule has 0 bridgehead atoms. The molecule has 0 aromatic carbocycles. The minimum Gasteiger partial charge on any atom is -0.462 e. The zero-order valence-corrected chi connectivity index (χ0v) is 13.0. The fourth-order valence-corrected chi connectivity index (χ4v) is 1.73. The monoisotopic (exact) mass is 345 g/mol. The smallest absolute Gasteiger partial charge is 0.455 e. The van der Waals surface area contributed by atoms with Crippen molar-refractivity contribution in [3.05, 3.63) is 29.2 Å². The van der Waals surface area contributed by atoms with E-state index in [1.54, 1.807) is 13.8 Å². The first kappa shape index (κ1) is 17.6. The highest BCUT2D eigenvalue weighted by Crippen LogP contribution is 2.27. The van der Waals surface area contributed by atoms with E-state index in [0.29, 0.717) is 5.69 Å². The lowest BCUT2D eigenvalue weighted by Crippen LogP contribution is -2.14. The van der Waals surface area contributed by atoms with Gasteiger partial charge in [0.05, 0.1) is 17.9 Å². The second kappa shape index (κ2) is 6.81. The second-order valence-corrected chi connectivity index (χ2v) is 4.73. The molecule has 0 aliphatic carbocycles. The molecule has 0 saturated heterocycles. The number of alkyl halides is 3. The van der Waals surface area contributed by atoms with Crippen molar-refractivity contribution < 1.29 is 27.2 Å². The largest absolute Gasteiger partial charge is 0.462 e. The van der Waals surface area contributed by atoms with E-state index in [1.807, 2.05) is 0 Å². The third-order valence-electron chi connectivity index (χ3n) is 2.89. The first-order chi connectivity index (χ1) is 11.2. The Morgan fingerprint density at radius 2 is 2.12 bits per heavy atom. The van der Waals surface area contributed by atoms with Gasteiger partial charge in [0.25, 0.3) is 5.82 Å². The van der Waals surface area contributed by atoms with Crippen LogP contribution >= 0.6 is 0 Å². The molecule has 1 N–H and O–H groups in total. The molecule has 2 aromatic heterocycles. The highest BCUT2D eigenvalue weighted by atomic mass is 19.4. The summed E-state index contributed by atoms with van der Waals surface area (Å²) in [4.78, 5) is 22.9. The van der Waals surface area contributed by atoms with Crippen LogP contribution in [0.4, 0.5) is 19.1 Å². The SMILES string of the molecule is CCOC(=O)c1cnc(NC(C)c2nc(C(F)(F)F)no2)nc1C. The Hall–Kier alpha value is -2.72. The molecule has 130 valence electrons. The van der Waals surface area contributed by atoms with Gasteiger partial charge in [0.15, 0.2) is 0 Å². The van der Waals surface area contributed by atoms with Crippen LogP contribution in [0.1, 0.15) is 47.7 Å². The molecule has 1 atom stereocenters. The normalized spacial score (nSPS) is 12.8. The van der Waals surface area contributed by atoms with Crippen LogP contribution < -0.4 is 5.32 Å². The summed E-state index contributed by atoms with van der Waals surface area (Å²) < 4.78 is 46.8. The molecular formula is C13H14F3N5O3. The topological polar surface area (TPSA) is 103 Å². The summed E-state index contributed by atoms with van der Waals surface area (Å²) in [6.45, 7) is 4.98. The lowest BCUT2D eigenvalue weighted by Gasteiger charge is -2.11. The summed E-state index contributed by atoms with van der Waals surface area (Å²) in [6.07, 6.45) is -3.42. The minimum atomic E-state index is -4.68. The number of aromatic nitrogens is 4. The Labute approximate surface area is 134 Å². The van der Waals surface area contributed by atoms with Gasteiger partial charge in [-0.3, -0.25) is 0 Å². The van der Waals surface area contributed by atoms with Crippen molar-refractivity contribution in [2.75, 3.05) is 11.9 Å². The van der Waals surface area contributed by atoms with Crippen molar-refractivity contribution in [2.24, 2.45) is 0 Å². The van der Waals surface area contributed by atoms with Gasteiger partial charge in [0, 0.05) is 6.20 Å². The first-order valence-corrected chi connectivity index (χ1v) is 6.90. The molecule has 2 heterocycles. The number of nitrogens with one attached hydrogen (secondary N) is 1. The Balaban J connectivity index is 2.12. The van der Waals surface area contributed by atoms with Crippen molar-refractivity contribution in [1.82, 2.24) is 20.1 Å². The van der Waals surface area contributed by atoms with E-state index in [1.165, 1.54) is 13.1 Å². The Morgan fingerprint density at radius 1 is 1.42 bits per heavy atom. The molecule has 2 aromatic rings. The van der Waals surface area contributed by atoms with Gasteiger partial charge in [-0.1, -0.05) is 5.16 Å². The fourth-order valence-electron chi connectivity index (χ4n) is 1.73. The van der Waals surface area contributed by atoms with E-state index < -0.39 is 24.0 Å². The number of aryl methyl sites for hydroxylation is 1. The Bertz CT molecular complexity index is 732. The lowest BCUT2D eigenvalue weighted by atomic mass is 10.2. The van der Waals surface area contributed by atoms with E-state index in [9.17, 15) is 18.0 Å². The third kappa shape index (κ3) is 3.97. The molecule has 0 aliphatic rings. The molecule has 24 heavy (non-hydrogen) atoms. The molecule has 1 unspecified atom stereocenters. The van der Waals surface area contributed by atoms with E-state index in [-0.39, 0.29) is 24.0 Å². The standard InChI is InChI=1S/C13H14F3N5O3/c1-4-23-10(22)8-5-17-12(18-6(8)2)19-7(3)9-20-11(21-24-9)13(14,15)16/h5,7H,4H2,1-3H3,(H,17,18,19). The molecule has 11 heteroatoms. The van der Waals surface area contributed by atoms with Gasteiger partial charge in [-0.2, -0.15) is 18.2 Å². The Morgan fingerprint density at radius 3 is 2.67 bits per heavy atom. The van der Waals surface area contributed by atoms with Crippen molar-refractivity contribution in [1.29, 1.82) is 0 Å². The van der Waals surface area contributed by atoms with Crippen LogP contribution in [0, 0.1) is 6.92 Å². The quantitative estimate of drug-likeness (QED) is 0.825. The van der Waals surface area contributed by atoms with Gasteiger partial charge in [-0.15, -0.1) is 0 Å². The van der Waals surface area contributed by atoms with Crippen molar-refractivity contribution in [3.63, 3.8) is 0 Å². The number of ether oxygens (including phenoxy) is 1. The minimum absolute atomic E-state index is 0.0970. The zero-order valence-electron chi connectivity index (χ0n) is 13.0. The number of hydrogen-bond donors (Lipinski definition) is 1. The molecule has 0 saturated carbocycles. The maximum atomic E-state index is 12.5. The molecule has 0 aliphatic heterocycles. The van der Waals surface area contributed by atoms with Gasteiger partial charge in [-0.05, 0) is 20.8 Å². The zero-order chi connectivity index (χ0) is 17.9. The van der Waals surface area contributed by atoms with Gasteiger partial charge in [0.2, 0.25) is 11.8 Å². The summed E-state index contributed by atoms with van der Waals surface area (Å²) in [5.74, 6) is -2.08. The van der Waals surface area contributed by atoms with Crippen molar-refractivity contribution in [3.8, 4) is 0 Å². The summed E-state index contributed by atoms with van der Waals surface area (Å²) in [7, 11) is 0. The van der Waals surface area contributed by atoms with E-state index in [0.717, 1.165) is 0 Å². The molecule has 0 radical (unpaired) electrons. The van der Waals surface area contributed by atoms with Crippen LogP contribution in [-0.4, -0.2) is 32.7 Å². The summed E-state index contributed by atoms with van der Waals surface area (Å²) in [5, 5.41) is 5.60. The predicted molar refractivity (Wildman–Crippen MR) is 74.1 cm³/mol. The van der Waals surface area contributed by atoms with Gasteiger partial charge in [-0.25, -0.2) is 14.8 Å². The van der Waals surface area contributed by atoms with E-state index in [4.69, 9.17) is 4.74 Å². The van der Waals surface area contributed by atoms with Crippen LogP contribution in [0.25, 0.3) is 0 Å². The fraction of sp³-hybridized carbons (Fsp3) is 0.462. The number of nitrogens with zero attached hydrogens (tertiary/aromatic N) is 4. The number of hydrogen-bond acceptors (Lipinski definition) is 8. The number of halogens is 3. The molecule has 0 spiro atoms. The van der Waals surface area contributed by atoms with Gasteiger partial charge >= 0.3 is 12.1 Å².